The molecule has 0 bridgehead atoms. The number of anilines is 2. The van der Waals surface area contributed by atoms with E-state index in [4.69, 9.17) is 11.6 Å². The summed E-state index contributed by atoms with van der Waals surface area (Å²) >= 11 is 6.56. The molecule has 302 valence electrons. The van der Waals surface area contributed by atoms with Gasteiger partial charge >= 0.3 is 0 Å². The van der Waals surface area contributed by atoms with Gasteiger partial charge < -0.3 is 29.5 Å². The van der Waals surface area contributed by atoms with Crippen LogP contribution in [0.2, 0.25) is 5.02 Å². The molecule has 2 aliphatic heterocycles. The Bertz CT molecular complexity index is 2380. The fourth-order valence-corrected chi connectivity index (χ4v) is 7.85. The van der Waals surface area contributed by atoms with Gasteiger partial charge in [0.05, 0.1) is 55.4 Å². The quantitative estimate of drug-likeness (QED) is 0.180. The van der Waals surface area contributed by atoms with E-state index in [2.05, 4.69) is 34.8 Å². The van der Waals surface area contributed by atoms with Crippen molar-refractivity contribution in [3.05, 3.63) is 107 Å². The van der Waals surface area contributed by atoms with Crippen LogP contribution in [0.25, 0.3) is 22.4 Å². The van der Waals surface area contributed by atoms with Gasteiger partial charge in [-0.2, -0.15) is 5.10 Å². The molecule has 0 spiro atoms. The average molecular weight is 813 g/mol. The molecule has 7 rings (SSSR count). The minimum atomic E-state index is -1.14. The number of carbonyl (C=O) groups is 4. The molecule has 0 atom stereocenters. The number of rotatable bonds is 9. The summed E-state index contributed by atoms with van der Waals surface area (Å²) in [5.74, 6) is -3.39. The minimum absolute atomic E-state index is 0.0283. The number of piperidine rings is 1. The van der Waals surface area contributed by atoms with Crippen molar-refractivity contribution in [2.24, 2.45) is 13.0 Å². The van der Waals surface area contributed by atoms with Crippen LogP contribution >= 0.6 is 11.6 Å². The number of para-hydroxylation sites is 1. The minimum Gasteiger partial charge on any atom is -0.339 e. The van der Waals surface area contributed by atoms with Gasteiger partial charge in [0.25, 0.3) is 11.8 Å². The van der Waals surface area contributed by atoms with E-state index in [9.17, 15) is 19.2 Å². The van der Waals surface area contributed by atoms with Crippen LogP contribution in [-0.4, -0.2) is 111 Å². The van der Waals surface area contributed by atoms with Crippen LogP contribution < -0.4 is 10.6 Å². The molecule has 2 fully saturated rings. The molecule has 16 heteroatoms. The Labute approximate surface area is 339 Å². The number of aryl methyl sites for hydroxylation is 1. The summed E-state index contributed by atoms with van der Waals surface area (Å²) in [6.07, 6.45) is 4.50. The van der Waals surface area contributed by atoms with Gasteiger partial charge in [-0.1, -0.05) is 35.9 Å². The number of nitrogens with one attached hydrogen (secondary N) is 2. The molecule has 4 heterocycles. The van der Waals surface area contributed by atoms with Crippen molar-refractivity contribution < 1.29 is 32.4 Å². The third-order valence-corrected chi connectivity index (χ3v) is 11.3. The van der Waals surface area contributed by atoms with Crippen molar-refractivity contribution in [3.63, 3.8) is 0 Å². The lowest BCUT2D eigenvalue weighted by molar-refractivity contribution is -0.895. The maximum Gasteiger partial charge on any atom is 0.291 e. The summed E-state index contributed by atoms with van der Waals surface area (Å²) in [7, 11) is 5.87. The van der Waals surface area contributed by atoms with E-state index in [1.54, 1.807) is 42.2 Å². The standard InChI is InChI=1S/C42H44ClF2N9O4/c1-26-33(24-53(49-26)25-36(55)47-28-8-6-5-7-9-28)30-12-13-32(38(45)37(30)44)35-23-46-39(50(35)2)40(56)48-29-10-11-31(34(43)22-29)42(58)52-18-16-51(17-19-52)41(57)27-14-20-54(3,4)21-15-27/h5-13,22-24,27H,14-21,25H2,1-4H3,(H-,47,48,55,56,58)/p+1. The zero-order valence-electron chi connectivity index (χ0n) is 32.8. The highest BCUT2D eigenvalue weighted by molar-refractivity contribution is 6.34. The van der Waals surface area contributed by atoms with E-state index in [0.717, 1.165) is 30.4 Å². The number of likely N-dealkylation sites (tertiary alicyclic amines) is 1. The number of hydrogen-bond donors (Lipinski definition) is 2. The molecule has 0 radical (unpaired) electrons. The number of halogens is 3. The molecule has 2 saturated heterocycles. The highest BCUT2D eigenvalue weighted by Crippen LogP contribution is 2.33. The van der Waals surface area contributed by atoms with Crippen molar-refractivity contribution >= 4 is 46.6 Å². The second-order valence-corrected chi connectivity index (χ2v) is 15.9. The third kappa shape index (κ3) is 8.50. The average Bonchev–Trinajstić information content (AvgIpc) is 3.76. The lowest BCUT2D eigenvalue weighted by Crippen LogP contribution is -2.54. The van der Waals surface area contributed by atoms with E-state index in [1.807, 2.05) is 11.0 Å². The number of nitrogens with zero attached hydrogens (tertiary/aromatic N) is 7. The zero-order valence-corrected chi connectivity index (χ0v) is 33.5. The van der Waals surface area contributed by atoms with Crippen LogP contribution in [0.3, 0.4) is 0 Å². The first-order valence-corrected chi connectivity index (χ1v) is 19.5. The van der Waals surface area contributed by atoms with E-state index >= 15 is 8.78 Å². The van der Waals surface area contributed by atoms with Gasteiger partial charge in [0.15, 0.2) is 17.5 Å². The molecule has 2 aromatic heterocycles. The number of aromatic nitrogens is 4. The van der Waals surface area contributed by atoms with E-state index in [0.29, 0.717) is 48.8 Å². The third-order valence-electron chi connectivity index (χ3n) is 11.0. The van der Waals surface area contributed by atoms with Gasteiger partial charge in [0.2, 0.25) is 11.8 Å². The number of quaternary nitrogens is 1. The van der Waals surface area contributed by atoms with Crippen LogP contribution in [0, 0.1) is 24.5 Å². The Morgan fingerprint density at radius 1 is 0.845 bits per heavy atom. The molecular formula is C42H45ClF2N9O4+. The molecule has 3 aromatic carbocycles. The largest absolute Gasteiger partial charge is 0.339 e. The molecule has 0 aliphatic carbocycles. The lowest BCUT2D eigenvalue weighted by Gasteiger charge is -2.40. The number of carbonyl (C=O) groups excluding carboxylic acids is 4. The van der Waals surface area contributed by atoms with Gasteiger partial charge in [0, 0.05) is 86.2 Å². The van der Waals surface area contributed by atoms with Gasteiger partial charge in [-0.3, -0.25) is 23.9 Å². The Morgan fingerprint density at radius 3 is 2.19 bits per heavy atom. The number of imidazole rings is 1. The first-order valence-electron chi connectivity index (χ1n) is 19.1. The highest BCUT2D eigenvalue weighted by atomic mass is 35.5. The monoisotopic (exact) mass is 812 g/mol. The number of amides is 4. The second kappa shape index (κ2) is 16.5. The van der Waals surface area contributed by atoms with Crippen molar-refractivity contribution in [1.82, 2.24) is 29.1 Å². The summed E-state index contributed by atoms with van der Waals surface area (Å²) in [5, 5.41) is 9.94. The van der Waals surface area contributed by atoms with E-state index in [-0.39, 0.29) is 63.4 Å². The fraction of sp³-hybridized carbons (Fsp3) is 0.333. The van der Waals surface area contributed by atoms with Gasteiger partial charge in [-0.25, -0.2) is 13.8 Å². The highest BCUT2D eigenvalue weighted by Gasteiger charge is 2.35. The molecule has 2 N–H and O–H groups in total. The topological polar surface area (TPSA) is 134 Å². The molecule has 4 amide bonds. The van der Waals surface area contributed by atoms with Gasteiger partial charge in [0.1, 0.15) is 6.54 Å². The molecule has 0 unspecified atom stereocenters. The number of benzene rings is 3. The number of piperazine rings is 1. The van der Waals surface area contributed by atoms with Crippen molar-refractivity contribution in [2.45, 2.75) is 26.3 Å². The van der Waals surface area contributed by atoms with Crippen LogP contribution in [0.5, 0.6) is 0 Å². The smallest absolute Gasteiger partial charge is 0.291 e. The van der Waals surface area contributed by atoms with Crippen LogP contribution in [0.15, 0.2) is 73.1 Å². The Morgan fingerprint density at radius 2 is 1.50 bits per heavy atom. The summed E-state index contributed by atoms with van der Waals surface area (Å²) in [5.41, 5.74) is 1.91. The summed E-state index contributed by atoms with van der Waals surface area (Å²) in [6, 6.07) is 16.3. The predicted octanol–water partition coefficient (Wildman–Crippen LogP) is 5.85. The zero-order chi connectivity index (χ0) is 41.3. The van der Waals surface area contributed by atoms with Crippen LogP contribution in [-0.2, 0) is 23.2 Å². The molecule has 13 nitrogen and oxygen atoms in total. The van der Waals surface area contributed by atoms with Crippen molar-refractivity contribution in [3.8, 4) is 22.4 Å². The maximum atomic E-state index is 15.7. The molecule has 0 saturated carbocycles. The summed E-state index contributed by atoms with van der Waals surface area (Å²) in [4.78, 5) is 60.2. The van der Waals surface area contributed by atoms with Crippen LogP contribution in [0.4, 0.5) is 20.2 Å². The SMILES string of the molecule is Cc1nn(CC(=O)Nc2ccccc2)cc1-c1ccc(-c2cnc(C(=O)Nc3ccc(C(=O)N4CCN(C(=O)C5CC[N+](C)(C)CC5)CC4)c(Cl)c3)n2C)c(F)c1F. The normalized spacial score (nSPS) is 15.6. The summed E-state index contributed by atoms with van der Waals surface area (Å²) < 4.78 is 35.1. The van der Waals surface area contributed by atoms with Gasteiger partial charge in [-0.05, 0) is 43.3 Å². The first kappa shape index (κ1) is 40.3. The Hall–Kier alpha value is -5.93. The van der Waals surface area contributed by atoms with Crippen molar-refractivity contribution in [2.75, 3.05) is 64.0 Å². The van der Waals surface area contributed by atoms with E-state index < -0.39 is 17.5 Å². The van der Waals surface area contributed by atoms with Crippen molar-refractivity contribution in [1.29, 1.82) is 0 Å². The second-order valence-electron chi connectivity index (χ2n) is 15.5. The Balaban J connectivity index is 0.974. The number of hydrogen-bond acceptors (Lipinski definition) is 6. The Kier molecular flexibility index (Phi) is 11.5. The maximum absolute atomic E-state index is 15.7. The summed E-state index contributed by atoms with van der Waals surface area (Å²) in [6.45, 7) is 5.15. The first-order chi connectivity index (χ1) is 27.7. The molecule has 2 aliphatic rings. The molecule has 58 heavy (non-hydrogen) atoms. The fourth-order valence-electron chi connectivity index (χ4n) is 7.58. The molecular weight excluding hydrogens is 768 g/mol. The van der Waals surface area contributed by atoms with Gasteiger partial charge in [-0.15, -0.1) is 0 Å². The molecule has 5 aromatic rings. The predicted molar refractivity (Wildman–Crippen MR) is 216 cm³/mol. The van der Waals surface area contributed by atoms with Crippen LogP contribution in [0.1, 0.15) is 39.5 Å². The van der Waals surface area contributed by atoms with E-state index in [1.165, 1.54) is 53.0 Å². The lowest BCUT2D eigenvalue weighted by atomic mass is 9.94.